The van der Waals surface area contributed by atoms with E-state index in [1.165, 1.54) is 0 Å². The number of rotatable bonds is 1. The van der Waals surface area contributed by atoms with Crippen molar-refractivity contribution in [3.8, 4) is 11.3 Å². The quantitative estimate of drug-likeness (QED) is 0.638. The summed E-state index contributed by atoms with van der Waals surface area (Å²) in [4.78, 5) is 4.41. The summed E-state index contributed by atoms with van der Waals surface area (Å²) in [6.45, 7) is 1.99. The Morgan fingerprint density at radius 1 is 1.08 bits per heavy atom. The van der Waals surface area contributed by atoms with Crippen LogP contribution in [0.5, 0.6) is 0 Å². The van der Waals surface area contributed by atoms with Gasteiger partial charge in [-0.1, -0.05) is 30.3 Å². The molecule has 0 saturated heterocycles. The standard InChI is InChI=1S/C12H10N/c1-10-6-5-9-12(13-10)11-7-3-2-4-8-11/h2-7,9H,1H3. The predicted molar refractivity (Wildman–Crippen MR) is 53.2 cm³/mol. The summed E-state index contributed by atoms with van der Waals surface area (Å²) in [6, 6.07) is 17.0. The Morgan fingerprint density at radius 3 is 2.69 bits per heavy atom. The van der Waals surface area contributed by atoms with Crippen LogP contribution < -0.4 is 0 Å². The number of aryl methyl sites for hydroxylation is 1. The molecule has 1 aromatic heterocycles. The van der Waals surface area contributed by atoms with E-state index >= 15 is 0 Å². The monoisotopic (exact) mass is 168 g/mol. The summed E-state index contributed by atoms with van der Waals surface area (Å²) in [7, 11) is 0. The highest BCUT2D eigenvalue weighted by Gasteiger charge is 1.96. The van der Waals surface area contributed by atoms with Gasteiger partial charge < -0.3 is 0 Å². The lowest BCUT2D eigenvalue weighted by Crippen LogP contribution is -1.85. The molecular weight excluding hydrogens is 158 g/mol. The third-order valence-electron chi connectivity index (χ3n) is 1.87. The minimum absolute atomic E-state index is 0.987. The normalized spacial score (nSPS) is 9.92. The molecule has 2 rings (SSSR count). The number of hydrogen-bond donors (Lipinski definition) is 0. The molecule has 0 saturated carbocycles. The third-order valence-corrected chi connectivity index (χ3v) is 1.87. The Bertz CT molecular complexity index is 393. The van der Waals surface area contributed by atoms with E-state index < -0.39 is 0 Å². The van der Waals surface area contributed by atoms with Crippen LogP contribution in [0, 0.1) is 13.0 Å². The van der Waals surface area contributed by atoms with Crippen molar-refractivity contribution in [3.05, 3.63) is 54.2 Å². The molecule has 63 valence electrons. The van der Waals surface area contributed by atoms with E-state index in [4.69, 9.17) is 0 Å². The van der Waals surface area contributed by atoms with Crippen molar-refractivity contribution < 1.29 is 0 Å². The lowest BCUT2D eigenvalue weighted by Gasteiger charge is -1.99. The van der Waals surface area contributed by atoms with Crippen molar-refractivity contribution >= 4 is 0 Å². The van der Waals surface area contributed by atoms with Crippen LogP contribution in [0.25, 0.3) is 11.3 Å². The Balaban J connectivity index is 2.48. The van der Waals surface area contributed by atoms with Crippen LogP contribution in [0.15, 0.2) is 42.5 Å². The molecule has 0 spiro atoms. The van der Waals surface area contributed by atoms with Gasteiger partial charge in [-0.2, -0.15) is 0 Å². The molecule has 0 fully saturated rings. The van der Waals surface area contributed by atoms with Crippen LogP contribution >= 0.6 is 0 Å². The second-order valence-corrected chi connectivity index (χ2v) is 2.94. The Hall–Kier alpha value is -1.63. The van der Waals surface area contributed by atoms with Crippen LogP contribution in [-0.4, -0.2) is 4.98 Å². The zero-order valence-electron chi connectivity index (χ0n) is 7.49. The zero-order valence-corrected chi connectivity index (χ0v) is 7.49. The lowest BCUT2D eigenvalue weighted by molar-refractivity contribution is 1.20. The first kappa shape index (κ1) is 7.99. The predicted octanol–water partition coefficient (Wildman–Crippen LogP) is 2.86. The van der Waals surface area contributed by atoms with Crippen LogP contribution in [0.3, 0.4) is 0 Å². The van der Waals surface area contributed by atoms with Crippen molar-refractivity contribution in [2.45, 2.75) is 6.92 Å². The highest BCUT2D eigenvalue weighted by atomic mass is 14.7. The SMILES string of the molecule is Cc1cccc(-c2[c]cccc2)n1. The van der Waals surface area contributed by atoms with Crippen molar-refractivity contribution in [2.75, 3.05) is 0 Å². The Kier molecular flexibility index (Phi) is 2.09. The van der Waals surface area contributed by atoms with E-state index in [1.54, 1.807) is 0 Å². The van der Waals surface area contributed by atoms with Gasteiger partial charge in [-0.05, 0) is 25.1 Å². The van der Waals surface area contributed by atoms with Crippen molar-refractivity contribution in [3.63, 3.8) is 0 Å². The molecule has 0 amide bonds. The maximum atomic E-state index is 4.41. The summed E-state index contributed by atoms with van der Waals surface area (Å²) in [5.41, 5.74) is 3.07. The van der Waals surface area contributed by atoms with E-state index in [0.29, 0.717) is 0 Å². The van der Waals surface area contributed by atoms with Gasteiger partial charge in [0.1, 0.15) is 0 Å². The van der Waals surface area contributed by atoms with Crippen LogP contribution in [0.4, 0.5) is 0 Å². The zero-order chi connectivity index (χ0) is 9.10. The van der Waals surface area contributed by atoms with Crippen LogP contribution in [0.1, 0.15) is 5.69 Å². The highest BCUT2D eigenvalue weighted by molar-refractivity contribution is 5.57. The van der Waals surface area contributed by atoms with E-state index in [0.717, 1.165) is 17.0 Å². The third kappa shape index (κ3) is 1.75. The molecule has 1 heterocycles. The number of benzene rings is 1. The molecule has 0 aliphatic rings. The molecule has 0 N–H and O–H groups in total. The van der Waals surface area contributed by atoms with Gasteiger partial charge in [-0.25, -0.2) is 0 Å². The number of pyridine rings is 1. The van der Waals surface area contributed by atoms with Gasteiger partial charge in [-0.3, -0.25) is 4.98 Å². The Morgan fingerprint density at radius 2 is 2.00 bits per heavy atom. The number of nitrogens with zero attached hydrogens (tertiary/aromatic N) is 1. The van der Waals surface area contributed by atoms with E-state index in [9.17, 15) is 0 Å². The molecule has 1 heteroatoms. The summed E-state index contributed by atoms with van der Waals surface area (Å²) in [5, 5.41) is 0. The van der Waals surface area contributed by atoms with Gasteiger partial charge in [0.2, 0.25) is 0 Å². The first-order chi connectivity index (χ1) is 6.36. The van der Waals surface area contributed by atoms with Gasteiger partial charge >= 0.3 is 0 Å². The highest BCUT2D eigenvalue weighted by Crippen LogP contribution is 2.15. The number of hydrogen-bond acceptors (Lipinski definition) is 1. The smallest absolute Gasteiger partial charge is 0.0711 e. The minimum atomic E-state index is 0.987. The lowest BCUT2D eigenvalue weighted by atomic mass is 10.1. The summed E-state index contributed by atoms with van der Waals surface area (Å²) >= 11 is 0. The summed E-state index contributed by atoms with van der Waals surface area (Å²) in [5.74, 6) is 0. The first-order valence-corrected chi connectivity index (χ1v) is 4.27. The molecule has 1 radical (unpaired) electrons. The van der Waals surface area contributed by atoms with E-state index in [-0.39, 0.29) is 0 Å². The van der Waals surface area contributed by atoms with Crippen molar-refractivity contribution in [2.24, 2.45) is 0 Å². The fraction of sp³-hybridized carbons (Fsp3) is 0.0833. The molecule has 0 bridgehead atoms. The fourth-order valence-electron chi connectivity index (χ4n) is 1.25. The molecule has 2 aromatic rings. The molecule has 13 heavy (non-hydrogen) atoms. The minimum Gasteiger partial charge on any atom is -0.253 e. The fourth-order valence-corrected chi connectivity index (χ4v) is 1.25. The van der Waals surface area contributed by atoms with E-state index in [1.807, 2.05) is 49.4 Å². The summed E-state index contributed by atoms with van der Waals surface area (Å²) in [6.07, 6.45) is 0. The van der Waals surface area contributed by atoms with Gasteiger partial charge in [0.15, 0.2) is 0 Å². The largest absolute Gasteiger partial charge is 0.253 e. The first-order valence-electron chi connectivity index (χ1n) is 4.27. The average molecular weight is 168 g/mol. The van der Waals surface area contributed by atoms with Crippen molar-refractivity contribution in [1.82, 2.24) is 4.98 Å². The summed E-state index contributed by atoms with van der Waals surface area (Å²) < 4.78 is 0. The molecule has 1 aromatic carbocycles. The molecule has 0 aliphatic heterocycles. The maximum absolute atomic E-state index is 4.41. The van der Waals surface area contributed by atoms with Gasteiger partial charge in [0.05, 0.1) is 5.69 Å². The van der Waals surface area contributed by atoms with Gasteiger partial charge in [0.25, 0.3) is 0 Å². The molecule has 0 atom stereocenters. The molecule has 0 aliphatic carbocycles. The number of aromatic nitrogens is 1. The Labute approximate surface area is 78.1 Å². The average Bonchev–Trinajstić information content (AvgIpc) is 2.19. The van der Waals surface area contributed by atoms with Crippen LogP contribution in [-0.2, 0) is 0 Å². The van der Waals surface area contributed by atoms with Crippen molar-refractivity contribution in [1.29, 1.82) is 0 Å². The van der Waals surface area contributed by atoms with Crippen LogP contribution in [0.2, 0.25) is 0 Å². The second-order valence-electron chi connectivity index (χ2n) is 2.94. The second kappa shape index (κ2) is 3.40. The molecular formula is C12H10N. The molecule has 1 nitrogen and oxygen atoms in total. The van der Waals surface area contributed by atoms with E-state index in [2.05, 4.69) is 11.1 Å². The van der Waals surface area contributed by atoms with Gasteiger partial charge in [-0.15, -0.1) is 0 Å². The topological polar surface area (TPSA) is 12.9 Å². The maximum Gasteiger partial charge on any atom is 0.0711 e. The molecule has 0 unspecified atom stereocenters. The van der Waals surface area contributed by atoms with Gasteiger partial charge in [0, 0.05) is 11.3 Å².